The highest BCUT2D eigenvalue weighted by molar-refractivity contribution is 5.52. The Morgan fingerprint density at radius 2 is 1.04 bits per heavy atom. The molecule has 0 aliphatic heterocycles. The molecule has 0 amide bonds. The fraction of sp³-hybridized carbons (Fsp3) is 0.333. The molecule has 0 nitrogen and oxygen atoms in total. The van der Waals surface area contributed by atoms with Crippen molar-refractivity contribution in [2.45, 2.75) is 53.9 Å². The van der Waals surface area contributed by atoms with Gasteiger partial charge in [0.25, 0.3) is 0 Å². The van der Waals surface area contributed by atoms with E-state index in [0.29, 0.717) is 5.92 Å². The average Bonchev–Trinajstić information content (AvgIpc) is 2.78. The Hall–Kier alpha value is -2.08. The minimum atomic E-state index is 0.357. The number of allylic oxidation sites excluding steroid dienone is 4. The highest BCUT2D eigenvalue weighted by atomic mass is 14.3. The zero-order valence-corrected chi connectivity index (χ0v) is 15.8. The third kappa shape index (κ3) is 3.24. The Bertz CT molecular complexity index is 754. The van der Waals surface area contributed by atoms with Crippen LogP contribution in [0.2, 0.25) is 0 Å². The predicted molar refractivity (Wildman–Crippen MR) is 105 cm³/mol. The van der Waals surface area contributed by atoms with Crippen LogP contribution in [0.3, 0.4) is 0 Å². The summed E-state index contributed by atoms with van der Waals surface area (Å²) in [4.78, 5) is 0. The van der Waals surface area contributed by atoms with Crippen LogP contribution < -0.4 is 0 Å². The van der Waals surface area contributed by atoms with Crippen LogP contribution in [-0.2, 0) is 0 Å². The first kappa shape index (κ1) is 16.8. The first-order valence-corrected chi connectivity index (χ1v) is 8.88. The number of rotatable bonds is 3. The summed E-state index contributed by atoms with van der Waals surface area (Å²) in [6.45, 7) is 13.3. The number of hydrogen-bond acceptors (Lipinski definition) is 0. The van der Waals surface area contributed by atoms with Crippen LogP contribution in [-0.4, -0.2) is 0 Å². The zero-order chi connectivity index (χ0) is 17.4. The molecule has 0 fully saturated rings. The van der Waals surface area contributed by atoms with E-state index in [1.807, 2.05) is 0 Å². The fourth-order valence-corrected chi connectivity index (χ4v) is 4.10. The first-order valence-electron chi connectivity index (χ1n) is 8.88. The summed E-state index contributed by atoms with van der Waals surface area (Å²) in [6, 6.07) is 14.0. The molecule has 0 spiro atoms. The predicted octanol–water partition coefficient (Wildman–Crippen LogP) is 6.72. The highest BCUT2D eigenvalue weighted by Crippen LogP contribution is 2.41. The maximum atomic E-state index is 2.38. The lowest BCUT2D eigenvalue weighted by Gasteiger charge is -2.23. The van der Waals surface area contributed by atoms with Crippen molar-refractivity contribution >= 4 is 0 Å². The molecule has 2 aromatic rings. The van der Waals surface area contributed by atoms with Gasteiger partial charge in [0.2, 0.25) is 0 Å². The van der Waals surface area contributed by atoms with E-state index >= 15 is 0 Å². The van der Waals surface area contributed by atoms with E-state index < -0.39 is 0 Å². The molecule has 0 saturated heterocycles. The normalized spacial score (nSPS) is 14.5. The quantitative estimate of drug-likeness (QED) is 0.589. The maximum absolute atomic E-state index is 2.38. The molecule has 3 rings (SSSR count). The molecule has 0 saturated carbocycles. The third-order valence-corrected chi connectivity index (χ3v) is 5.20. The summed E-state index contributed by atoms with van der Waals surface area (Å²) in [5.74, 6) is 0.357. The van der Waals surface area contributed by atoms with Gasteiger partial charge in [0.05, 0.1) is 0 Å². The van der Waals surface area contributed by atoms with Crippen molar-refractivity contribution in [2.75, 3.05) is 0 Å². The molecular weight excluding hydrogens is 288 g/mol. The molecule has 0 N–H and O–H groups in total. The molecule has 2 aromatic carbocycles. The van der Waals surface area contributed by atoms with Crippen LogP contribution in [0.15, 0.2) is 59.2 Å². The van der Waals surface area contributed by atoms with E-state index in [1.165, 1.54) is 44.5 Å². The van der Waals surface area contributed by atoms with Crippen LogP contribution in [0.4, 0.5) is 0 Å². The van der Waals surface area contributed by atoms with E-state index in [4.69, 9.17) is 0 Å². The second-order valence-corrected chi connectivity index (χ2v) is 7.52. The lowest BCUT2D eigenvalue weighted by molar-refractivity contribution is 0.899. The van der Waals surface area contributed by atoms with Gasteiger partial charge >= 0.3 is 0 Å². The van der Waals surface area contributed by atoms with Crippen LogP contribution >= 0.6 is 0 Å². The zero-order valence-electron chi connectivity index (χ0n) is 15.8. The highest BCUT2D eigenvalue weighted by Gasteiger charge is 2.24. The van der Waals surface area contributed by atoms with Gasteiger partial charge < -0.3 is 0 Å². The van der Waals surface area contributed by atoms with Gasteiger partial charge in [-0.25, -0.2) is 0 Å². The van der Waals surface area contributed by atoms with Crippen molar-refractivity contribution in [3.05, 3.63) is 92.6 Å². The van der Waals surface area contributed by atoms with Crippen molar-refractivity contribution in [1.29, 1.82) is 0 Å². The molecule has 0 heteroatoms. The van der Waals surface area contributed by atoms with Gasteiger partial charge in [0.15, 0.2) is 0 Å². The lowest BCUT2D eigenvalue weighted by atomic mass is 9.80. The summed E-state index contributed by atoms with van der Waals surface area (Å²) in [6.07, 6.45) is 3.45. The Morgan fingerprint density at radius 3 is 1.38 bits per heavy atom. The molecule has 1 aliphatic carbocycles. The summed E-state index contributed by atoms with van der Waals surface area (Å²) in [7, 11) is 0. The summed E-state index contributed by atoms with van der Waals surface area (Å²) >= 11 is 0. The second-order valence-electron chi connectivity index (χ2n) is 7.52. The Balaban J connectivity index is 2.22. The van der Waals surface area contributed by atoms with Gasteiger partial charge in [-0.15, -0.1) is 0 Å². The van der Waals surface area contributed by atoms with Crippen LogP contribution in [0.25, 0.3) is 0 Å². The molecule has 0 heterocycles. The van der Waals surface area contributed by atoms with Gasteiger partial charge in [-0.05, 0) is 64.7 Å². The van der Waals surface area contributed by atoms with Crippen molar-refractivity contribution in [3.63, 3.8) is 0 Å². The minimum absolute atomic E-state index is 0.357. The van der Waals surface area contributed by atoms with E-state index in [2.05, 4.69) is 84.0 Å². The average molecular weight is 316 g/mol. The number of hydrogen-bond donors (Lipinski definition) is 0. The molecule has 0 atom stereocenters. The van der Waals surface area contributed by atoms with Gasteiger partial charge in [0.1, 0.15) is 0 Å². The summed E-state index contributed by atoms with van der Waals surface area (Å²) in [5, 5.41) is 0. The van der Waals surface area contributed by atoms with E-state index in [9.17, 15) is 0 Å². The lowest BCUT2D eigenvalue weighted by Crippen LogP contribution is -2.07. The van der Waals surface area contributed by atoms with Crippen LogP contribution in [0.5, 0.6) is 0 Å². The van der Waals surface area contributed by atoms with Gasteiger partial charge in [-0.1, -0.05) is 75.9 Å². The molecule has 0 bridgehead atoms. The summed E-state index contributed by atoms with van der Waals surface area (Å²) in [5.41, 5.74) is 12.7. The van der Waals surface area contributed by atoms with E-state index in [1.54, 1.807) is 5.57 Å². The smallest absolute Gasteiger partial charge is 0.0308 e. The molecule has 0 unspecified atom stereocenters. The van der Waals surface area contributed by atoms with Crippen molar-refractivity contribution in [3.8, 4) is 0 Å². The largest absolute Gasteiger partial charge is 0.0772 e. The molecule has 124 valence electrons. The van der Waals surface area contributed by atoms with Crippen molar-refractivity contribution < 1.29 is 0 Å². The Morgan fingerprint density at radius 1 is 0.625 bits per heavy atom. The standard InChI is InChI=1S/C24H28/c1-15-9-16(2)12-21(11-15)24(23-8-7-19(5)20(23)6)22-13-17(3)10-18(4)14-22/h7,9-14,24H,8H2,1-6H3. The Kier molecular flexibility index (Phi) is 4.49. The SMILES string of the molecule is CC1=CCC(C(c2cc(C)cc(C)c2)c2cc(C)cc(C)c2)=C1C. The molecule has 0 aromatic heterocycles. The van der Waals surface area contributed by atoms with E-state index in [0.717, 1.165) is 6.42 Å². The van der Waals surface area contributed by atoms with Crippen molar-refractivity contribution in [1.82, 2.24) is 0 Å². The number of aryl methyl sites for hydroxylation is 4. The molecular formula is C24H28. The van der Waals surface area contributed by atoms with Gasteiger partial charge in [-0.3, -0.25) is 0 Å². The van der Waals surface area contributed by atoms with Gasteiger partial charge in [0, 0.05) is 5.92 Å². The molecule has 1 aliphatic rings. The fourth-order valence-electron chi connectivity index (χ4n) is 4.10. The van der Waals surface area contributed by atoms with E-state index in [-0.39, 0.29) is 0 Å². The summed E-state index contributed by atoms with van der Waals surface area (Å²) < 4.78 is 0. The van der Waals surface area contributed by atoms with Gasteiger partial charge in [-0.2, -0.15) is 0 Å². The minimum Gasteiger partial charge on any atom is -0.0772 e. The van der Waals surface area contributed by atoms with Crippen molar-refractivity contribution in [2.24, 2.45) is 0 Å². The van der Waals surface area contributed by atoms with Crippen LogP contribution in [0, 0.1) is 27.7 Å². The Labute approximate surface area is 146 Å². The van der Waals surface area contributed by atoms with Crippen LogP contribution in [0.1, 0.15) is 59.6 Å². The second kappa shape index (κ2) is 6.43. The maximum Gasteiger partial charge on any atom is 0.0308 e. The first-order chi connectivity index (χ1) is 11.3. The third-order valence-electron chi connectivity index (χ3n) is 5.20. The molecule has 0 radical (unpaired) electrons. The topological polar surface area (TPSA) is 0 Å². The number of benzene rings is 2. The molecule has 24 heavy (non-hydrogen) atoms. The monoisotopic (exact) mass is 316 g/mol.